The second-order valence-corrected chi connectivity index (χ2v) is 5.55. The Balaban J connectivity index is 1.82. The molecule has 0 spiro atoms. The molecule has 2 amide bonds. The molecule has 1 aliphatic heterocycles. The summed E-state index contributed by atoms with van der Waals surface area (Å²) >= 11 is 0. The van der Waals surface area contributed by atoms with E-state index in [0.717, 1.165) is 18.4 Å². The highest BCUT2D eigenvalue weighted by Crippen LogP contribution is 2.21. The van der Waals surface area contributed by atoms with Gasteiger partial charge in [-0.2, -0.15) is 0 Å². The summed E-state index contributed by atoms with van der Waals surface area (Å²) in [7, 11) is 0. The zero-order chi connectivity index (χ0) is 15.2. The Labute approximate surface area is 125 Å². The zero-order valence-electron chi connectivity index (χ0n) is 12.3. The maximum atomic E-state index is 12.2. The highest BCUT2D eigenvalue weighted by atomic mass is 16.5. The minimum atomic E-state index is -0.329. The van der Waals surface area contributed by atoms with E-state index in [-0.39, 0.29) is 30.4 Å². The smallest absolute Gasteiger partial charge is 0.248 e. The summed E-state index contributed by atoms with van der Waals surface area (Å²) in [6.45, 7) is 2.84. The Morgan fingerprint density at radius 2 is 2.00 bits per heavy atom. The molecule has 0 aliphatic carbocycles. The summed E-state index contributed by atoms with van der Waals surface area (Å²) in [5.74, 6) is -0.645. The molecule has 0 aromatic heterocycles. The van der Waals surface area contributed by atoms with Crippen molar-refractivity contribution in [3.8, 4) is 0 Å². The maximum absolute atomic E-state index is 12.2. The van der Waals surface area contributed by atoms with Gasteiger partial charge in [-0.1, -0.05) is 30.3 Å². The van der Waals surface area contributed by atoms with Gasteiger partial charge in [0.15, 0.2) is 0 Å². The van der Waals surface area contributed by atoms with E-state index in [2.05, 4.69) is 0 Å². The van der Waals surface area contributed by atoms with Crippen LogP contribution in [0.25, 0.3) is 0 Å². The van der Waals surface area contributed by atoms with Gasteiger partial charge in [-0.25, -0.2) is 0 Å². The number of nitrogens with zero attached hydrogens (tertiary/aromatic N) is 1. The predicted octanol–water partition coefficient (Wildman–Crippen LogP) is 1.32. The molecule has 0 radical (unpaired) electrons. The lowest BCUT2D eigenvalue weighted by atomic mass is 9.93. The predicted molar refractivity (Wildman–Crippen MR) is 79.2 cm³/mol. The van der Waals surface area contributed by atoms with E-state index in [4.69, 9.17) is 10.5 Å². The van der Waals surface area contributed by atoms with Crippen molar-refractivity contribution in [2.45, 2.75) is 32.4 Å². The highest BCUT2D eigenvalue weighted by Gasteiger charge is 2.31. The quantitative estimate of drug-likeness (QED) is 0.888. The van der Waals surface area contributed by atoms with E-state index in [0.29, 0.717) is 13.2 Å². The van der Waals surface area contributed by atoms with E-state index < -0.39 is 0 Å². The molecule has 1 aliphatic rings. The van der Waals surface area contributed by atoms with Crippen LogP contribution in [0.3, 0.4) is 0 Å². The van der Waals surface area contributed by atoms with E-state index in [1.165, 1.54) is 0 Å². The number of primary amides is 1. The van der Waals surface area contributed by atoms with Crippen molar-refractivity contribution >= 4 is 11.8 Å². The van der Waals surface area contributed by atoms with Gasteiger partial charge >= 0.3 is 0 Å². The molecule has 1 fully saturated rings. The van der Waals surface area contributed by atoms with Crippen molar-refractivity contribution < 1.29 is 14.3 Å². The molecule has 5 heteroatoms. The maximum Gasteiger partial charge on any atom is 0.248 e. The highest BCUT2D eigenvalue weighted by molar-refractivity contribution is 5.81. The van der Waals surface area contributed by atoms with E-state index in [9.17, 15) is 9.59 Å². The molecule has 1 saturated heterocycles. The van der Waals surface area contributed by atoms with E-state index >= 15 is 0 Å². The molecule has 2 atom stereocenters. The molecule has 0 unspecified atom stereocenters. The number of amides is 2. The van der Waals surface area contributed by atoms with Crippen LogP contribution in [0.15, 0.2) is 30.3 Å². The van der Waals surface area contributed by atoms with Crippen LogP contribution in [0.4, 0.5) is 0 Å². The summed E-state index contributed by atoms with van der Waals surface area (Å²) in [5.41, 5.74) is 6.38. The van der Waals surface area contributed by atoms with Crippen LogP contribution < -0.4 is 5.73 Å². The second-order valence-electron chi connectivity index (χ2n) is 5.55. The van der Waals surface area contributed by atoms with Crippen molar-refractivity contribution in [3.05, 3.63) is 35.9 Å². The minimum absolute atomic E-state index is 0.0325. The van der Waals surface area contributed by atoms with Gasteiger partial charge in [0.25, 0.3) is 0 Å². The molecule has 5 nitrogen and oxygen atoms in total. The number of benzene rings is 1. The number of carbonyl (C=O) groups is 2. The summed E-state index contributed by atoms with van der Waals surface area (Å²) in [5, 5.41) is 0. The third kappa shape index (κ3) is 4.29. The molecular weight excluding hydrogens is 268 g/mol. The molecule has 0 bridgehead atoms. The van der Waals surface area contributed by atoms with Gasteiger partial charge in [0.05, 0.1) is 12.5 Å². The Kier molecular flexibility index (Phi) is 5.33. The second kappa shape index (κ2) is 7.22. The third-order valence-corrected chi connectivity index (χ3v) is 3.94. The van der Waals surface area contributed by atoms with Crippen LogP contribution in [0.5, 0.6) is 0 Å². The Morgan fingerprint density at radius 1 is 1.29 bits per heavy atom. The Morgan fingerprint density at radius 3 is 2.67 bits per heavy atom. The summed E-state index contributed by atoms with van der Waals surface area (Å²) in [6.07, 6.45) is 1.56. The van der Waals surface area contributed by atoms with Gasteiger partial charge in [-0.05, 0) is 25.3 Å². The monoisotopic (exact) mass is 290 g/mol. The fraction of sp³-hybridized carbons (Fsp3) is 0.500. The molecule has 1 aromatic rings. The lowest BCUT2D eigenvalue weighted by Gasteiger charge is -2.36. The largest absolute Gasteiger partial charge is 0.369 e. The Bertz CT molecular complexity index is 490. The van der Waals surface area contributed by atoms with Gasteiger partial charge in [-0.3, -0.25) is 9.59 Å². The van der Waals surface area contributed by atoms with Gasteiger partial charge in [0, 0.05) is 12.6 Å². The van der Waals surface area contributed by atoms with Crippen LogP contribution in [-0.4, -0.2) is 35.9 Å². The summed E-state index contributed by atoms with van der Waals surface area (Å²) in [6, 6.07) is 9.85. The number of likely N-dealkylation sites (tertiary alicyclic amines) is 1. The molecule has 1 heterocycles. The topological polar surface area (TPSA) is 72.6 Å². The summed E-state index contributed by atoms with van der Waals surface area (Å²) < 4.78 is 5.47. The third-order valence-electron chi connectivity index (χ3n) is 3.94. The molecule has 114 valence electrons. The molecule has 21 heavy (non-hydrogen) atoms. The number of hydrogen-bond donors (Lipinski definition) is 1. The zero-order valence-corrected chi connectivity index (χ0v) is 12.3. The first kappa shape index (κ1) is 15.5. The van der Waals surface area contributed by atoms with Crippen LogP contribution in [0.1, 0.15) is 25.3 Å². The lowest BCUT2D eigenvalue weighted by molar-refractivity contribution is -0.142. The standard InChI is InChI=1S/C16H22N2O3/c1-12-7-8-14(16(17)20)9-18(12)15(19)11-21-10-13-5-3-2-4-6-13/h2-6,12,14H,7-11H2,1H3,(H2,17,20)/t12-,14-/m0/s1. The lowest BCUT2D eigenvalue weighted by Crippen LogP contribution is -2.49. The van der Waals surface area contributed by atoms with Crippen LogP contribution in [0.2, 0.25) is 0 Å². The Hall–Kier alpha value is -1.88. The van der Waals surface area contributed by atoms with Gasteiger partial charge in [0.2, 0.25) is 11.8 Å². The van der Waals surface area contributed by atoms with Crippen molar-refractivity contribution in [1.82, 2.24) is 4.90 Å². The van der Waals surface area contributed by atoms with Crippen LogP contribution in [0, 0.1) is 5.92 Å². The molecule has 0 saturated carbocycles. The van der Waals surface area contributed by atoms with Crippen molar-refractivity contribution in [1.29, 1.82) is 0 Å². The molecular formula is C16H22N2O3. The first-order valence-corrected chi connectivity index (χ1v) is 7.28. The van der Waals surface area contributed by atoms with Gasteiger partial charge in [0.1, 0.15) is 6.61 Å². The molecule has 2 N–H and O–H groups in total. The fourth-order valence-corrected chi connectivity index (χ4v) is 2.60. The van der Waals surface area contributed by atoms with Crippen molar-refractivity contribution in [2.75, 3.05) is 13.2 Å². The number of piperidine rings is 1. The first-order chi connectivity index (χ1) is 10.1. The van der Waals surface area contributed by atoms with E-state index in [1.54, 1.807) is 4.90 Å². The van der Waals surface area contributed by atoms with Gasteiger partial charge < -0.3 is 15.4 Å². The van der Waals surface area contributed by atoms with Crippen molar-refractivity contribution in [3.63, 3.8) is 0 Å². The van der Waals surface area contributed by atoms with Crippen LogP contribution in [-0.2, 0) is 20.9 Å². The number of carbonyl (C=O) groups excluding carboxylic acids is 2. The van der Waals surface area contributed by atoms with Gasteiger partial charge in [-0.15, -0.1) is 0 Å². The first-order valence-electron chi connectivity index (χ1n) is 7.28. The SMILES string of the molecule is C[C@H]1CC[C@H](C(N)=O)CN1C(=O)COCc1ccccc1. The van der Waals surface area contributed by atoms with Crippen LogP contribution >= 0.6 is 0 Å². The average Bonchev–Trinajstić information content (AvgIpc) is 2.48. The number of hydrogen-bond acceptors (Lipinski definition) is 3. The average molecular weight is 290 g/mol. The number of rotatable bonds is 5. The normalized spacial score (nSPS) is 22.0. The van der Waals surface area contributed by atoms with E-state index in [1.807, 2.05) is 37.3 Å². The molecule has 2 rings (SSSR count). The fourth-order valence-electron chi connectivity index (χ4n) is 2.60. The minimum Gasteiger partial charge on any atom is -0.369 e. The number of ether oxygens (including phenoxy) is 1. The summed E-state index contributed by atoms with van der Waals surface area (Å²) in [4.78, 5) is 25.2. The molecule has 1 aromatic carbocycles. The van der Waals surface area contributed by atoms with Crippen molar-refractivity contribution in [2.24, 2.45) is 11.7 Å². The number of nitrogens with two attached hydrogens (primary N) is 1.